The summed E-state index contributed by atoms with van der Waals surface area (Å²) in [5.74, 6) is 0. The molecule has 0 aliphatic heterocycles. The molecule has 24 heavy (non-hydrogen) atoms. The highest BCUT2D eigenvalue weighted by Crippen LogP contribution is 2.61. The molecule has 0 saturated heterocycles. The molecule has 1 unspecified atom stereocenters. The van der Waals surface area contributed by atoms with Crippen LogP contribution in [-0.4, -0.2) is 12.8 Å². The molecule has 0 bridgehead atoms. The monoisotopic (exact) mass is 343 g/mol. The largest absolute Gasteiger partial charge is 0.106 e. The number of benzene rings is 1. The van der Waals surface area contributed by atoms with E-state index in [0.717, 1.165) is 19.0 Å². The van der Waals surface area contributed by atoms with Crippen molar-refractivity contribution in [3.63, 3.8) is 0 Å². The van der Waals surface area contributed by atoms with Gasteiger partial charge in [-0.15, -0.1) is 19.7 Å². The van der Waals surface area contributed by atoms with Crippen LogP contribution in [0.5, 0.6) is 0 Å². The third-order valence-electron chi connectivity index (χ3n) is 3.43. The summed E-state index contributed by atoms with van der Waals surface area (Å²) in [5, 5.41) is 2.95. The van der Waals surface area contributed by atoms with Crippen molar-refractivity contribution in [2.45, 2.75) is 33.6 Å². The second-order valence-corrected chi connectivity index (χ2v) is 9.01. The van der Waals surface area contributed by atoms with Gasteiger partial charge in [0.1, 0.15) is 0 Å². The lowest BCUT2D eigenvalue weighted by atomic mass is 10.4. The van der Waals surface area contributed by atoms with Gasteiger partial charge in [0.05, 0.1) is 30.7 Å². The molecule has 0 amide bonds. The maximum Gasteiger partial charge on any atom is 0.0992 e. The first-order valence-corrected chi connectivity index (χ1v) is 11.0. The van der Waals surface area contributed by atoms with Gasteiger partial charge in [0.15, 0.2) is 0 Å². The van der Waals surface area contributed by atoms with Crippen molar-refractivity contribution in [2.24, 2.45) is 0 Å². The maximum atomic E-state index is 3.95. The number of hydrogen-bond acceptors (Lipinski definition) is 0. The Morgan fingerprint density at radius 2 is 1.54 bits per heavy atom. The molecule has 0 N–H and O–H groups in total. The van der Waals surface area contributed by atoms with Crippen molar-refractivity contribution in [3.8, 4) is 0 Å². The van der Waals surface area contributed by atoms with Gasteiger partial charge in [-0.1, -0.05) is 56.9 Å². The minimum absolute atomic E-state index is 1.06. The van der Waals surface area contributed by atoms with Crippen LogP contribution >= 0.6 is 7.26 Å². The van der Waals surface area contributed by atoms with Crippen LogP contribution in [0.25, 0.3) is 0 Å². The average Bonchev–Trinajstić information content (AvgIpc) is 2.64. The van der Waals surface area contributed by atoms with Crippen LogP contribution in [0, 0.1) is 0 Å². The van der Waals surface area contributed by atoms with E-state index >= 15 is 0 Å². The van der Waals surface area contributed by atoms with E-state index in [9.17, 15) is 0 Å². The molecule has 0 heterocycles. The molecule has 0 aliphatic carbocycles. The van der Waals surface area contributed by atoms with Crippen molar-refractivity contribution < 1.29 is 0 Å². The zero-order chi connectivity index (χ0) is 18.8. The van der Waals surface area contributed by atoms with E-state index in [-0.39, 0.29) is 0 Å². The van der Waals surface area contributed by atoms with Gasteiger partial charge in [-0.25, -0.2) is 0 Å². The summed E-state index contributed by atoms with van der Waals surface area (Å²) in [7, 11) is -1.31. The van der Waals surface area contributed by atoms with Crippen LogP contribution < -0.4 is 5.30 Å². The van der Waals surface area contributed by atoms with Crippen molar-refractivity contribution in [3.05, 3.63) is 92.3 Å². The predicted octanol–water partition coefficient (Wildman–Crippen LogP) is 7.40. The first-order valence-electron chi connectivity index (χ1n) is 8.56. The fourth-order valence-electron chi connectivity index (χ4n) is 2.19. The van der Waals surface area contributed by atoms with Gasteiger partial charge in [-0.3, -0.25) is 0 Å². The Morgan fingerprint density at radius 3 is 1.92 bits per heavy atom. The van der Waals surface area contributed by atoms with E-state index < -0.39 is 7.26 Å². The molecule has 0 saturated carbocycles. The molecule has 0 nitrogen and oxygen atoms in total. The molecule has 1 atom stereocenters. The maximum absolute atomic E-state index is 3.95. The molecule has 1 aromatic rings. The molecule has 0 aromatic heterocycles. The molecule has 132 valence electrons. The Hall–Kier alpha value is -1.65. The van der Waals surface area contributed by atoms with Crippen LogP contribution in [0.15, 0.2) is 92.3 Å². The average molecular weight is 344 g/mol. The lowest BCUT2D eigenvalue weighted by Crippen LogP contribution is -2.13. The molecule has 0 fully saturated rings. The lowest BCUT2D eigenvalue weighted by molar-refractivity contribution is 1.22. The molecule has 1 rings (SSSR count). The standard InChI is InChI=1S/C17H24P.C4H8.C2H4/c1-5-11-16(12-6-2)18(4,15-7-3)17-13-9-8-10-14-17;1-3-4-2;1-2/h5,7-14H,3,6,15H2,1-2,4H3;3H,1,4H2,2H3;1-2H2/q+1;;/b11-5-,16-12+;;. The molecule has 0 radical (unpaired) electrons. The van der Waals surface area contributed by atoms with Gasteiger partial charge < -0.3 is 0 Å². The summed E-state index contributed by atoms with van der Waals surface area (Å²) in [4.78, 5) is 0. The van der Waals surface area contributed by atoms with E-state index in [4.69, 9.17) is 0 Å². The second-order valence-electron chi connectivity index (χ2n) is 5.23. The van der Waals surface area contributed by atoms with Gasteiger partial charge >= 0.3 is 0 Å². The van der Waals surface area contributed by atoms with Crippen LogP contribution in [0.3, 0.4) is 0 Å². The third kappa shape index (κ3) is 8.85. The van der Waals surface area contributed by atoms with E-state index in [2.05, 4.69) is 108 Å². The zero-order valence-electron chi connectivity index (χ0n) is 16.2. The molecule has 1 heteroatoms. The quantitative estimate of drug-likeness (QED) is 0.275. The summed E-state index contributed by atoms with van der Waals surface area (Å²) in [6, 6.07) is 10.9. The van der Waals surface area contributed by atoms with E-state index in [0.29, 0.717) is 0 Å². The zero-order valence-corrected chi connectivity index (χ0v) is 17.1. The molecular formula is C23H36P+. The van der Waals surface area contributed by atoms with Gasteiger partial charge in [-0.05, 0) is 44.1 Å². The Balaban J connectivity index is 0. The van der Waals surface area contributed by atoms with Crippen molar-refractivity contribution >= 4 is 12.6 Å². The first kappa shape index (κ1) is 24.6. The number of rotatable bonds is 7. The van der Waals surface area contributed by atoms with Crippen molar-refractivity contribution in [1.29, 1.82) is 0 Å². The fourth-order valence-corrected chi connectivity index (χ4v) is 5.32. The van der Waals surface area contributed by atoms with Crippen molar-refractivity contribution in [1.82, 2.24) is 0 Å². The van der Waals surface area contributed by atoms with Crippen molar-refractivity contribution in [2.75, 3.05) is 12.8 Å². The Morgan fingerprint density at radius 1 is 1.00 bits per heavy atom. The van der Waals surface area contributed by atoms with Crippen LogP contribution in [-0.2, 0) is 0 Å². The smallest absolute Gasteiger partial charge is 0.0992 e. The third-order valence-corrected chi connectivity index (χ3v) is 7.33. The minimum Gasteiger partial charge on any atom is -0.106 e. The Kier molecular flexibility index (Phi) is 16.6. The first-order chi connectivity index (χ1) is 11.6. The Labute approximate surface area is 151 Å². The van der Waals surface area contributed by atoms with Gasteiger partial charge in [-0.2, -0.15) is 0 Å². The molecular weight excluding hydrogens is 307 g/mol. The fraction of sp³-hybridized carbons (Fsp3) is 0.304. The topological polar surface area (TPSA) is 0 Å². The highest BCUT2D eigenvalue weighted by atomic mass is 31.2. The minimum atomic E-state index is -1.31. The molecule has 0 spiro atoms. The van der Waals surface area contributed by atoms with Gasteiger partial charge in [0, 0.05) is 0 Å². The second kappa shape index (κ2) is 16.2. The summed E-state index contributed by atoms with van der Waals surface area (Å²) in [5.41, 5.74) is 0. The Bertz CT molecular complexity index is 496. The summed E-state index contributed by atoms with van der Waals surface area (Å²) in [6.07, 6.45) is 13.9. The summed E-state index contributed by atoms with van der Waals surface area (Å²) in [6.45, 7) is 22.2. The number of allylic oxidation sites excluding steroid dienone is 6. The highest BCUT2D eigenvalue weighted by Gasteiger charge is 2.36. The molecule has 0 aliphatic rings. The summed E-state index contributed by atoms with van der Waals surface area (Å²) < 4.78 is 0. The predicted molar refractivity (Wildman–Crippen MR) is 119 cm³/mol. The lowest BCUT2D eigenvalue weighted by Gasteiger charge is -2.22. The number of hydrogen-bond donors (Lipinski definition) is 0. The van der Waals surface area contributed by atoms with Crippen LogP contribution in [0.4, 0.5) is 0 Å². The van der Waals surface area contributed by atoms with Gasteiger partial charge in [0.25, 0.3) is 0 Å². The van der Waals surface area contributed by atoms with Crippen LogP contribution in [0.1, 0.15) is 33.6 Å². The van der Waals surface area contributed by atoms with Crippen LogP contribution in [0.2, 0.25) is 0 Å². The summed E-state index contributed by atoms with van der Waals surface area (Å²) >= 11 is 0. The van der Waals surface area contributed by atoms with E-state index in [1.165, 1.54) is 10.6 Å². The van der Waals surface area contributed by atoms with Gasteiger partial charge in [0.2, 0.25) is 0 Å². The SMILES string of the molecule is C=C.C=CCC.C=CC[P+](C)(C(/C=C\C)=C/CC)c1ccccc1. The normalized spacial score (nSPS) is 12.9. The molecule has 1 aromatic carbocycles. The van der Waals surface area contributed by atoms with E-state index in [1.807, 2.05) is 6.08 Å². The highest BCUT2D eigenvalue weighted by molar-refractivity contribution is 7.86. The van der Waals surface area contributed by atoms with E-state index in [1.54, 1.807) is 0 Å².